The van der Waals surface area contributed by atoms with Crippen molar-refractivity contribution in [3.8, 4) is 0 Å². The predicted octanol–water partition coefficient (Wildman–Crippen LogP) is 6.32. The minimum absolute atomic E-state index is 0.313. The van der Waals surface area contributed by atoms with Gasteiger partial charge in [-0.05, 0) is 61.0 Å². The van der Waals surface area contributed by atoms with E-state index in [1.807, 2.05) is 49.4 Å². The Labute approximate surface area is 195 Å². The molecule has 31 heavy (non-hydrogen) atoms. The van der Waals surface area contributed by atoms with Gasteiger partial charge in [0, 0.05) is 27.7 Å². The lowest BCUT2D eigenvalue weighted by Crippen LogP contribution is -2.34. The number of anilines is 2. The molecule has 0 N–H and O–H groups in total. The van der Waals surface area contributed by atoms with E-state index in [1.165, 1.54) is 16.7 Å². The number of para-hydroxylation sites is 1. The molecule has 7 heteroatoms. The Morgan fingerprint density at radius 1 is 0.871 bits per heavy atom. The van der Waals surface area contributed by atoms with Gasteiger partial charge < -0.3 is 4.90 Å². The number of hydrogen-bond acceptors (Lipinski definition) is 4. The maximum Gasteiger partial charge on any atom is 0.283 e. The smallest absolute Gasteiger partial charge is 0.283 e. The van der Waals surface area contributed by atoms with E-state index >= 15 is 0 Å². The van der Waals surface area contributed by atoms with Crippen molar-refractivity contribution in [1.29, 1.82) is 0 Å². The number of benzene rings is 3. The van der Waals surface area contributed by atoms with Gasteiger partial charge in [-0.2, -0.15) is 0 Å². The molecule has 1 heterocycles. The fourth-order valence-electron chi connectivity index (χ4n) is 3.24. The van der Waals surface area contributed by atoms with E-state index in [2.05, 4.69) is 0 Å². The number of carbonyl (C=O) groups excluding carboxylic acids is 2. The van der Waals surface area contributed by atoms with Crippen molar-refractivity contribution in [2.24, 2.45) is 0 Å². The highest BCUT2D eigenvalue weighted by atomic mass is 35.5. The molecule has 0 unspecified atom stereocenters. The maximum atomic E-state index is 13.5. The number of carbonyl (C=O) groups is 2. The second-order valence-corrected chi connectivity index (χ2v) is 8.93. The second-order valence-electron chi connectivity index (χ2n) is 7.01. The summed E-state index contributed by atoms with van der Waals surface area (Å²) in [5, 5.41) is 1.10. The fourth-order valence-corrected chi connectivity index (χ4v) is 4.55. The molecule has 156 valence electrons. The number of likely N-dealkylation sites (N-methyl/N-ethyl adjacent to an activating group) is 1. The molecule has 3 aromatic rings. The minimum atomic E-state index is -0.396. The molecule has 1 aliphatic rings. The highest BCUT2D eigenvalue weighted by Gasteiger charge is 2.42. The molecule has 0 spiro atoms. The summed E-state index contributed by atoms with van der Waals surface area (Å²) >= 11 is 13.5. The van der Waals surface area contributed by atoms with E-state index in [-0.39, 0.29) is 5.91 Å². The zero-order valence-corrected chi connectivity index (χ0v) is 19.1. The Morgan fingerprint density at radius 2 is 1.55 bits per heavy atom. The standard InChI is InChI=1S/C24H18Cl2N2O2S/c1-15-8-11-18(14-20(15)26)28-23(29)21(27(2)17-6-4-3-5-7-17)22(24(28)30)31-19-12-9-16(25)10-13-19/h3-14H,1-2H3. The van der Waals surface area contributed by atoms with E-state index in [9.17, 15) is 9.59 Å². The number of aryl methyl sites for hydroxylation is 1. The van der Waals surface area contributed by atoms with Crippen LogP contribution in [-0.2, 0) is 9.59 Å². The molecular formula is C24H18Cl2N2O2S. The number of halogens is 2. The monoisotopic (exact) mass is 468 g/mol. The van der Waals surface area contributed by atoms with Gasteiger partial charge in [-0.1, -0.05) is 59.2 Å². The molecule has 0 atom stereocenters. The van der Waals surface area contributed by atoms with E-state index in [1.54, 1.807) is 42.3 Å². The van der Waals surface area contributed by atoms with Crippen LogP contribution in [-0.4, -0.2) is 18.9 Å². The number of hydrogen-bond donors (Lipinski definition) is 0. The van der Waals surface area contributed by atoms with Crippen LogP contribution < -0.4 is 9.80 Å². The van der Waals surface area contributed by atoms with Gasteiger partial charge in [0.05, 0.1) is 5.69 Å². The van der Waals surface area contributed by atoms with Crippen LogP contribution in [0.2, 0.25) is 10.0 Å². The van der Waals surface area contributed by atoms with Crippen LogP contribution in [0, 0.1) is 6.92 Å². The van der Waals surface area contributed by atoms with Crippen molar-refractivity contribution in [3.05, 3.63) is 99.0 Å². The number of rotatable bonds is 5. The molecular weight excluding hydrogens is 451 g/mol. The lowest BCUT2D eigenvalue weighted by atomic mass is 10.2. The Bertz CT molecular complexity index is 1190. The molecule has 1 aliphatic heterocycles. The summed E-state index contributed by atoms with van der Waals surface area (Å²) in [6, 6.07) is 21.8. The van der Waals surface area contributed by atoms with E-state index in [0.29, 0.717) is 26.3 Å². The summed E-state index contributed by atoms with van der Waals surface area (Å²) in [4.78, 5) is 31.0. The Kier molecular flexibility index (Phi) is 6.10. The molecule has 4 rings (SSSR count). The summed E-state index contributed by atoms with van der Waals surface area (Å²) in [7, 11) is 1.78. The van der Waals surface area contributed by atoms with Crippen molar-refractivity contribution >= 4 is 58.2 Å². The SMILES string of the molecule is Cc1ccc(N2C(=O)C(Sc3ccc(Cl)cc3)=C(N(C)c3ccccc3)C2=O)cc1Cl. The molecule has 0 fully saturated rings. The number of amides is 2. The van der Waals surface area contributed by atoms with Gasteiger partial charge in [0.1, 0.15) is 10.6 Å². The second kappa shape index (κ2) is 8.79. The third-order valence-electron chi connectivity index (χ3n) is 4.94. The predicted molar refractivity (Wildman–Crippen MR) is 128 cm³/mol. The molecule has 0 saturated carbocycles. The maximum absolute atomic E-state index is 13.5. The van der Waals surface area contributed by atoms with Gasteiger partial charge in [0.2, 0.25) is 0 Å². The van der Waals surface area contributed by atoms with Gasteiger partial charge in [-0.3, -0.25) is 9.59 Å². The third kappa shape index (κ3) is 4.22. The van der Waals surface area contributed by atoms with Crippen LogP contribution >= 0.6 is 35.0 Å². The van der Waals surface area contributed by atoms with Crippen LogP contribution in [0.15, 0.2) is 88.3 Å². The van der Waals surface area contributed by atoms with E-state index in [4.69, 9.17) is 23.2 Å². The van der Waals surface area contributed by atoms with Crippen LogP contribution in [0.5, 0.6) is 0 Å². The molecule has 3 aromatic carbocycles. The molecule has 0 radical (unpaired) electrons. The van der Waals surface area contributed by atoms with Crippen molar-refractivity contribution in [1.82, 2.24) is 0 Å². The average molecular weight is 469 g/mol. The molecule has 0 aliphatic carbocycles. The quantitative estimate of drug-likeness (QED) is 0.411. The minimum Gasteiger partial charge on any atom is -0.339 e. The molecule has 4 nitrogen and oxygen atoms in total. The van der Waals surface area contributed by atoms with Crippen molar-refractivity contribution < 1.29 is 9.59 Å². The Morgan fingerprint density at radius 3 is 2.19 bits per heavy atom. The summed E-state index contributed by atoms with van der Waals surface area (Å²) in [6.07, 6.45) is 0. The third-order valence-corrected chi connectivity index (χ3v) is 6.68. The van der Waals surface area contributed by atoms with Gasteiger partial charge in [0.15, 0.2) is 0 Å². The number of imide groups is 1. The van der Waals surface area contributed by atoms with Crippen molar-refractivity contribution in [3.63, 3.8) is 0 Å². The topological polar surface area (TPSA) is 40.6 Å². The van der Waals surface area contributed by atoms with Crippen molar-refractivity contribution in [2.75, 3.05) is 16.8 Å². The number of nitrogens with zero attached hydrogens (tertiary/aromatic N) is 2. The van der Waals surface area contributed by atoms with Crippen LogP contribution in [0.25, 0.3) is 0 Å². The van der Waals surface area contributed by atoms with Gasteiger partial charge >= 0.3 is 0 Å². The zero-order valence-electron chi connectivity index (χ0n) is 16.8. The van der Waals surface area contributed by atoms with Crippen LogP contribution in [0.4, 0.5) is 11.4 Å². The molecule has 2 amide bonds. The van der Waals surface area contributed by atoms with Crippen molar-refractivity contribution in [2.45, 2.75) is 11.8 Å². The van der Waals surface area contributed by atoms with Gasteiger partial charge in [-0.25, -0.2) is 4.90 Å². The first-order valence-electron chi connectivity index (χ1n) is 9.48. The van der Waals surface area contributed by atoms with Crippen LogP contribution in [0.3, 0.4) is 0 Å². The Balaban J connectivity index is 1.80. The average Bonchev–Trinajstić information content (AvgIpc) is 3.01. The first-order chi connectivity index (χ1) is 14.9. The van der Waals surface area contributed by atoms with E-state index in [0.717, 1.165) is 16.1 Å². The molecule has 0 aromatic heterocycles. The number of thioether (sulfide) groups is 1. The molecule has 0 bridgehead atoms. The zero-order chi connectivity index (χ0) is 22.1. The lowest BCUT2D eigenvalue weighted by Gasteiger charge is -2.21. The first-order valence-corrected chi connectivity index (χ1v) is 11.1. The Hall–Kier alpha value is -2.73. The van der Waals surface area contributed by atoms with Gasteiger partial charge in [0.25, 0.3) is 11.8 Å². The summed E-state index contributed by atoms with van der Waals surface area (Å²) in [5.41, 5.74) is 2.43. The summed E-state index contributed by atoms with van der Waals surface area (Å²) in [6.45, 7) is 1.87. The highest BCUT2D eigenvalue weighted by Crippen LogP contribution is 2.40. The molecule has 0 saturated heterocycles. The fraction of sp³-hybridized carbons (Fsp3) is 0.0833. The summed E-state index contributed by atoms with van der Waals surface area (Å²) < 4.78 is 0. The summed E-state index contributed by atoms with van der Waals surface area (Å²) in [5.74, 6) is -0.782. The first kappa shape index (κ1) is 21.5. The highest BCUT2D eigenvalue weighted by molar-refractivity contribution is 8.04. The van der Waals surface area contributed by atoms with E-state index < -0.39 is 5.91 Å². The van der Waals surface area contributed by atoms with Gasteiger partial charge in [-0.15, -0.1) is 0 Å². The largest absolute Gasteiger partial charge is 0.339 e. The van der Waals surface area contributed by atoms with Crippen LogP contribution in [0.1, 0.15) is 5.56 Å². The lowest BCUT2D eigenvalue weighted by molar-refractivity contribution is -0.120. The normalized spacial score (nSPS) is 13.9.